The number of halogens is 1. The minimum Gasteiger partial charge on any atom is -0.457 e. The molecule has 154 valence electrons. The first-order valence-electron chi connectivity index (χ1n) is 10.1. The van der Waals surface area contributed by atoms with Crippen LogP contribution in [0, 0.1) is 5.92 Å². The summed E-state index contributed by atoms with van der Waals surface area (Å²) in [6.45, 7) is 1.62. The number of anilines is 2. The summed E-state index contributed by atoms with van der Waals surface area (Å²) < 4.78 is 5.83. The highest BCUT2D eigenvalue weighted by molar-refractivity contribution is 6.30. The van der Waals surface area contributed by atoms with Crippen molar-refractivity contribution in [3.63, 3.8) is 0 Å². The Hall–Kier alpha value is -3.05. The van der Waals surface area contributed by atoms with Crippen molar-refractivity contribution >= 4 is 29.0 Å². The number of carbonyl (C=O) groups excluding carboxylic acids is 1. The lowest BCUT2D eigenvalue weighted by Crippen LogP contribution is -2.41. The lowest BCUT2D eigenvalue weighted by Gasteiger charge is -2.34. The molecule has 30 heavy (non-hydrogen) atoms. The number of rotatable bonds is 5. The largest absolute Gasteiger partial charge is 0.457 e. The van der Waals surface area contributed by atoms with Crippen LogP contribution < -0.4 is 14.5 Å². The summed E-state index contributed by atoms with van der Waals surface area (Å²) in [5.41, 5.74) is 0.863. The maximum Gasteiger partial charge on any atom is 0.229 e. The summed E-state index contributed by atoms with van der Waals surface area (Å²) in [6, 6.07) is 21.0. The van der Waals surface area contributed by atoms with Gasteiger partial charge in [0.1, 0.15) is 17.3 Å². The van der Waals surface area contributed by atoms with E-state index in [4.69, 9.17) is 16.3 Å². The van der Waals surface area contributed by atoms with Gasteiger partial charge in [-0.25, -0.2) is 4.98 Å². The molecule has 0 spiro atoms. The van der Waals surface area contributed by atoms with Crippen LogP contribution in [0.15, 0.2) is 72.9 Å². The zero-order valence-electron chi connectivity index (χ0n) is 16.9. The van der Waals surface area contributed by atoms with Crippen LogP contribution in [0.3, 0.4) is 0 Å². The first-order chi connectivity index (χ1) is 14.6. The van der Waals surface area contributed by atoms with Crippen LogP contribution in [-0.2, 0) is 4.79 Å². The van der Waals surface area contributed by atoms with Crippen LogP contribution in [0.5, 0.6) is 11.5 Å². The number of benzene rings is 2. The molecule has 0 bridgehead atoms. The maximum atomic E-state index is 13.0. The van der Waals surface area contributed by atoms with Crippen LogP contribution in [0.25, 0.3) is 0 Å². The van der Waals surface area contributed by atoms with Crippen LogP contribution >= 0.6 is 11.6 Å². The van der Waals surface area contributed by atoms with Crippen molar-refractivity contribution in [1.82, 2.24) is 4.98 Å². The van der Waals surface area contributed by atoms with Gasteiger partial charge in [0, 0.05) is 37.9 Å². The number of nitrogens with zero attached hydrogens (tertiary/aromatic N) is 3. The molecule has 1 amide bonds. The molecule has 0 unspecified atom stereocenters. The van der Waals surface area contributed by atoms with Crippen molar-refractivity contribution < 1.29 is 9.53 Å². The predicted molar refractivity (Wildman–Crippen MR) is 121 cm³/mol. The molecule has 1 aliphatic rings. The molecular formula is C24H24ClN3O2. The number of piperidine rings is 1. The lowest BCUT2D eigenvalue weighted by atomic mass is 9.95. The number of pyridine rings is 1. The highest BCUT2D eigenvalue weighted by atomic mass is 35.5. The Morgan fingerprint density at radius 3 is 2.30 bits per heavy atom. The molecule has 6 heteroatoms. The summed E-state index contributed by atoms with van der Waals surface area (Å²) in [7, 11) is 1.84. The third-order valence-corrected chi connectivity index (χ3v) is 5.64. The molecule has 0 aliphatic carbocycles. The molecule has 2 heterocycles. The predicted octanol–water partition coefficient (Wildman–Crippen LogP) is 5.41. The van der Waals surface area contributed by atoms with E-state index in [2.05, 4.69) is 9.88 Å². The monoisotopic (exact) mass is 421 g/mol. The molecule has 5 nitrogen and oxygen atoms in total. The van der Waals surface area contributed by atoms with Gasteiger partial charge in [-0.15, -0.1) is 0 Å². The molecule has 0 saturated carbocycles. The summed E-state index contributed by atoms with van der Waals surface area (Å²) in [6.07, 6.45) is 3.28. The SMILES string of the molecule is CN(C(=O)C1CCN(c2ccc(Cl)cn2)CC1)c1ccc(Oc2ccccc2)cc1. The highest BCUT2D eigenvalue weighted by Gasteiger charge is 2.28. The molecule has 0 radical (unpaired) electrons. The number of hydrogen-bond acceptors (Lipinski definition) is 4. The zero-order chi connectivity index (χ0) is 20.9. The van der Waals surface area contributed by atoms with Crippen molar-refractivity contribution in [2.24, 2.45) is 5.92 Å². The van der Waals surface area contributed by atoms with E-state index in [1.165, 1.54) is 0 Å². The van der Waals surface area contributed by atoms with E-state index >= 15 is 0 Å². The Kier molecular flexibility index (Phi) is 6.19. The zero-order valence-corrected chi connectivity index (χ0v) is 17.6. The topological polar surface area (TPSA) is 45.7 Å². The number of amides is 1. The molecular weight excluding hydrogens is 398 g/mol. The van der Waals surface area contributed by atoms with Crippen LogP contribution in [-0.4, -0.2) is 31.0 Å². The molecule has 1 aromatic heterocycles. The Morgan fingerprint density at radius 2 is 1.67 bits per heavy atom. The van der Waals surface area contributed by atoms with Gasteiger partial charge in [-0.2, -0.15) is 0 Å². The van der Waals surface area contributed by atoms with E-state index in [1.807, 2.05) is 73.8 Å². The second kappa shape index (κ2) is 9.18. The van der Waals surface area contributed by atoms with Crippen LogP contribution in [0.2, 0.25) is 5.02 Å². The molecule has 1 saturated heterocycles. The Bertz CT molecular complexity index is 970. The fourth-order valence-corrected chi connectivity index (χ4v) is 3.79. The second-order valence-electron chi connectivity index (χ2n) is 7.40. The van der Waals surface area contributed by atoms with E-state index in [9.17, 15) is 4.79 Å². The molecule has 2 aromatic carbocycles. The fourth-order valence-electron chi connectivity index (χ4n) is 3.67. The minimum absolute atomic E-state index is 0.0128. The van der Waals surface area contributed by atoms with Gasteiger partial charge in [0.2, 0.25) is 5.91 Å². The lowest BCUT2D eigenvalue weighted by molar-refractivity contribution is -0.122. The second-order valence-corrected chi connectivity index (χ2v) is 7.84. The molecule has 0 atom stereocenters. The van der Waals surface area contributed by atoms with Crippen molar-refractivity contribution in [3.8, 4) is 11.5 Å². The van der Waals surface area contributed by atoms with Crippen LogP contribution in [0.4, 0.5) is 11.5 Å². The van der Waals surface area contributed by atoms with Crippen molar-refractivity contribution in [2.45, 2.75) is 12.8 Å². The van der Waals surface area contributed by atoms with Crippen molar-refractivity contribution in [1.29, 1.82) is 0 Å². The number of para-hydroxylation sites is 1. The van der Waals surface area contributed by atoms with Gasteiger partial charge >= 0.3 is 0 Å². The van der Waals surface area contributed by atoms with Crippen molar-refractivity contribution in [3.05, 3.63) is 77.9 Å². The summed E-state index contributed by atoms with van der Waals surface area (Å²) in [5, 5.41) is 0.630. The molecule has 0 N–H and O–H groups in total. The molecule has 4 rings (SSSR count). The van der Waals surface area contributed by atoms with E-state index in [0.717, 1.165) is 48.9 Å². The normalized spacial score (nSPS) is 14.4. The van der Waals surface area contributed by atoms with Gasteiger partial charge in [0.05, 0.1) is 5.02 Å². The van der Waals surface area contributed by atoms with Gasteiger partial charge < -0.3 is 14.5 Å². The van der Waals surface area contributed by atoms with Gasteiger partial charge in [-0.1, -0.05) is 29.8 Å². The van der Waals surface area contributed by atoms with Gasteiger partial charge in [0.25, 0.3) is 0 Å². The molecule has 1 aliphatic heterocycles. The Labute approximate surface area is 181 Å². The maximum absolute atomic E-state index is 13.0. The van der Waals surface area contributed by atoms with Crippen molar-refractivity contribution in [2.75, 3.05) is 29.9 Å². The average molecular weight is 422 g/mol. The van der Waals surface area contributed by atoms with Gasteiger partial charge in [-0.05, 0) is 61.4 Å². The Morgan fingerprint density at radius 1 is 1.00 bits per heavy atom. The minimum atomic E-state index is 0.0128. The third kappa shape index (κ3) is 4.74. The molecule has 1 fully saturated rings. The summed E-state index contributed by atoms with van der Waals surface area (Å²) in [4.78, 5) is 21.3. The van der Waals surface area contributed by atoms with E-state index in [1.54, 1.807) is 11.1 Å². The van der Waals surface area contributed by atoms with E-state index in [0.29, 0.717) is 5.02 Å². The first kappa shape index (κ1) is 20.2. The Balaban J connectivity index is 1.34. The average Bonchev–Trinajstić information content (AvgIpc) is 2.80. The standard InChI is InChI=1S/C24H24ClN3O2/c1-27(20-8-10-22(11-9-20)30-21-5-3-2-4-6-21)24(29)18-13-15-28(16-14-18)23-12-7-19(25)17-26-23/h2-12,17-18H,13-16H2,1H3. The highest BCUT2D eigenvalue weighted by Crippen LogP contribution is 2.27. The van der Waals surface area contributed by atoms with Crippen LogP contribution in [0.1, 0.15) is 12.8 Å². The fraction of sp³-hybridized carbons (Fsp3) is 0.250. The molecule has 3 aromatic rings. The smallest absolute Gasteiger partial charge is 0.229 e. The number of aromatic nitrogens is 1. The van der Waals surface area contributed by atoms with E-state index < -0.39 is 0 Å². The van der Waals surface area contributed by atoms with Gasteiger partial charge in [0.15, 0.2) is 0 Å². The number of carbonyl (C=O) groups is 1. The van der Waals surface area contributed by atoms with Gasteiger partial charge in [-0.3, -0.25) is 4.79 Å². The summed E-state index contributed by atoms with van der Waals surface area (Å²) in [5.74, 6) is 2.60. The number of hydrogen-bond donors (Lipinski definition) is 0. The number of ether oxygens (including phenoxy) is 1. The third-order valence-electron chi connectivity index (χ3n) is 5.41. The summed E-state index contributed by atoms with van der Waals surface area (Å²) >= 11 is 5.92. The first-order valence-corrected chi connectivity index (χ1v) is 10.4. The van der Waals surface area contributed by atoms with E-state index in [-0.39, 0.29) is 11.8 Å². The quantitative estimate of drug-likeness (QED) is 0.552.